The molecule has 0 atom stereocenters. The molecule has 2 aromatic rings. The molecule has 20 heavy (non-hydrogen) atoms. The van der Waals surface area contributed by atoms with Crippen LogP contribution in [-0.2, 0) is 4.57 Å². The van der Waals surface area contributed by atoms with Crippen molar-refractivity contribution >= 4 is 34.3 Å². The van der Waals surface area contributed by atoms with Gasteiger partial charge >= 0.3 is 7.60 Å². The fraction of sp³-hybridized carbons (Fsp3) is 0.364. The Morgan fingerprint density at radius 3 is 2.70 bits per heavy atom. The zero-order chi connectivity index (χ0) is 14.9. The Labute approximate surface area is 119 Å². The number of aromatic nitrogens is 1. The minimum atomic E-state index is -4.26. The first kappa shape index (κ1) is 15.1. The van der Waals surface area contributed by atoms with Crippen molar-refractivity contribution < 1.29 is 23.8 Å². The zero-order valence-electron chi connectivity index (χ0n) is 11.0. The molecule has 0 saturated heterocycles. The second-order valence-corrected chi connectivity index (χ2v) is 6.72. The highest BCUT2D eigenvalue weighted by Gasteiger charge is 2.19. The third kappa shape index (κ3) is 3.21. The third-order valence-electron chi connectivity index (χ3n) is 2.54. The summed E-state index contributed by atoms with van der Waals surface area (Å²) >= 11 is 1.28. The molecule has 9 heteroatoms. The van der Waals surface area contributed by atoms with Crippen molar-refractivity contribution in [3.05, 3.63) is 11.6 Å². The van der Waals surface area contributed by atoms with E-state index >= 15 is 0 Å². The van der Waals surface area contributed by atoms with Gasteiger partial charge in [0.2, 0.25) is 0 Å². The van der Waals surface area contributed by atoms with Crippen molar-refractivity contribution in [2.75, 3.05) is 18.7 Å². The molecule has 0 bridgehead atoms. The Morgan fingerprint density at radius 2 is 2.10 bits per heavy atom. The van der Waals surface area contributed by atoms with Crippen LogP contribution in [0.1, 0.15) is 12.5 Å². The molecule has 4 N–H and O–H groups in total. The van der Waals surface area contributed by atoms with Gasteiger partial charge in [-0.05, 0) is 13.8 Å². The van der Waals surface area contributed by atoms with E-state index in [1.165, 1.54) is 11.3 Å². The van der Waals surface area contributed by atoms with Gasteiger partial charge in [-0.2, -0.15) is 0 Å². The number of rotatable bonds is 5. The van der Waals surface area contributed by atoms with E-state index < -0.39 is 13.9 Å². The van der Waals surface area contributed by atoms with Gasteiger partial charge in [0.1, 0.15) is 11.3 Å². The lowest BCUT2D eigenvalue weighted by Gasteiger charge is -2.12. The molecule has 0 spiro atoms. The van der Waals surface area contributed by atoms with E-state index in [-0.39, 0.29) is 5.75 Å². The van der Waals surface area contributed by atoms with Crippen LogP contribution in [0.15, 0.2) is 6.07 Å². The minimum Gasteiger partial charge on any atom is -0.493 e. The normalized spacial score (nSPS) is 11.8. The van der Waals surface area contributed by atoms with Crippen LogP contribution in [0.5, 0.6) is 11.5 Å². The highest BCUT2D eigenvalue weighted by Crippen LogP contribution is 2.41. The van der Waals surface area contributed by atoms with Crippen LogP contribution in [0.2, 0.25) is 0 Å². The summed E-state index contributed by atoms with van der Waals surface area (Å²) in [7, 11) is -4.26. The number of nitrogens with zero attached hydrogens (tertiary/aromatic N) is 1. The van der Waals surface area contributed by atoms with Crippen LogP contribution in [-0.4, -0.2) is 27.7 Å². The maximum Gasteiger partial charge on any atom is 0.362 e. The number of hydrogen-bond donors (Lipinski definition) is 3. The van der Waals surface area contributed by atoms with E-state index in [0.717, 1.165) is 10.3 Å². The molecular formula is C11H15N2O5PS. The summed E-state index contributed by atoms with van der Waals surface area (Å²) in [4.78, 5) is 21.9. The maximum atomic E-state index is 10.9. The molecule has 0 radical (unpaired) electrons. The van der Waals surface area contributed by atoms with Gasteiger partial charge < -0.3 is 25.0 Å². The maximum absolute atomic E-state index is 10.9. The smallest absolute Gasteiger partial charge is 0.362 e. The highest BCUT2D eigenvalue weighted by molar-refractivity contribution is 7.51. The van der Waals surface area contributed by atoms with Crippen molar-refractivity contribution in [1.82, 2.24) is 4.98 Å². The second kappa shape index (κ2) is 5.57. The van der Waals surface area contributed by atoms with Gasteiger partial charge in [-0.25, -0.2) is 4.98 Å². The number of nitrogens with two attached hydrogens (primary N) is 1. The Hall–Kier alpha value is -1.34. The Balaban J connectivity index is 2.51. The van der Waals surface area contributed by atoms with Gasteiger partial charge in [-0.3, -0.25) is 4.57 Å². The summed E-state index contributed by atoms with van der Waals surface area (Å²) in [5.41, 5.74) is 7.05. The molecule has 0 unspecified atom stereocenters. The molecule has 1 heterocycles. The van der Waals surface area contributed by atoms with E-state index in [0.29, 0.717) is 23.0 Å². The molecular weight excluding hydrogens is 303 g/mol. The SMILES string of the molecule is CCOc1cc(OCP(=O)(O)O)c2nc(N)sc2c1C. The van der Waals surface area contributed by atoms with E-state index in [4.69, 9.17) is 25.0 Å². The lowest BCUT2D eigenvalue weighted by molar-refractivity contribution is 0.299. The van der Waals surface area contributed by atoms with Crippen LogP contribution < -0.4 is 15.2 Å². The molecule has 0 aliphatic heterocycles. The number of ether oxygens (including phenoxy) is 2. The summed E-state index contributed by atoms with van der Waals surface area (Å²) in [5.74, 6) is 0.842. The number of nitrogen functional groups attached to an aromatic ring is 1. The van der Waals surface area contributed by atoms with Crippen LogP contribution >= 0.6 is 18.9 Å². The molecule has 1 aromatic carbocycles. The summed E-state index contributed by atoms with van der Waals surface area (Å²) in [6.07, 6.45) is -0.714. The summed E-state index contributed by atoms with van der Waals surface area (Å²) < 4.78 is 22.4. The monoisotopic (exact) mass is 318 g/mol. The number of fused-ring (bicyclic) bond motifs is 1. The van der Waals surface area contributed by atoms with Crippen molar-refractivity contribution in [1.29, 1.82) is 0 Å². The van der Waals surface area contributed by atoms with Crippen molar-refractivity contribution in [2.45, 2.75) is 13.8 Å². The first-order valence-electron chi connectivity index (χ1n) is 5.81. The first-order valence-corrected chi connectivity index (χ1v) is 8.43. The number of anilines is 1. The van der Waals surface area contributed by atoms with Crippen LogP contribution in [0.4, 0.5) is 5.13 Å². The summed E-state index contributed by atoms with van der Waals surface area (Å²) in [6, 6.07) is 1.58. The molecule has 0 aliphatic carbocycles. The standard InChI is InChI=1S/C11H15N2O5PS/c1-3-17-7-4-8(18-5-19(14,15)16)9-10(6(7)2)20-11(12)13-9/h4H,3,5H2,1-2H3,(H2,12,13)(H2,14,15,16). The minimum absolute atomic E-state index is 0.255. The number of benzene rings is 1. The topological polar surface area (TPSA) is 115 Å². The van der Waals surface area contributed by atoms with Crippen molar-refractivity contribution in [3.8, 4) is 11.5 Å². The van der Waals surface area contributed by atoms with E-state index in [2.05, 4.69) is 4.98 Å². The molecule has 7 nitrogen and oxygen atoms in total. The van der Waals surface area contributed by atoms with E-state index in [1.807, 2.05) is 13.8 Å². The lowest BCUT2D eigenvalue weighted by atomic mass is 10.2. The van der Waals surface area contributed by atoms with Gasteiger partial charge in [-0.15, -0.1) is 0 Å². The highest BCUT2D eigenvalue weighted by atomic mass is 32.1. The number of thiazole rings is 1. The Morgan fingerprint density at radius 1 is 1.40 bits per heavy atom. The van der Waals surface area contributed by atoms with Gasteiger partial charge in [0, 0.05) is 11.6 Å². The zero-order valence-corrected chi connectivity index (χ0v) is 12.7. The quantitative estimate of drug-likeness (QED) is 0.723. The largest absolute Gasteiger partial charge is 0.493 e. The fourth-order valence-electron chi connectivity index (χ4n) is 1.73. The molecule has 110 valence electrons. The summed E-state index contributed by atoms with van der Waals surface area (Å²) in [6.45, 7) is 4.19. The van der Waals surface area contributed by atoms with Gasteiger partial charge in [-0.1, -0.05) is 11.3 Å². The number of hydrogen-bond acceptors (Lipinski definition) is 6. The van der Waals surface area contributed by atoms with Gasteiger partial charge in [0.15, 0.2) is 17.2 Å². The average molecular weight is 318 g/mol. The first-order chi connectivity index (χ1) is 9.31. The van der Waals surface area contributed by atoms with Crippen molar-refractivity contribution in [3.63, 3.8) is 0 Å². The fourth-order valence-corrected chi connectivity index (χ4v) is 2.88. The second-order valence-electron chi connectivity index (χ2n) is 4.10. The molecule has 1 aromatic heterocycles. The van der Waals surface area contributed by atoms with Gasteiger partial charge in [0.25, 0.3) is 0 Å². The molecule has 0 fully saturated rings. The molecule has 2 rings (SSSR count). The Bertz CT molecular complexity index is 681. The lowest BCUT2D eigenvalue weighted by Crippen LogP contribution is -2.01. The van der Waals surface area contributed by atoms with Crippen LogP contribution in [0.25, 0.3) is 10.2 Å². The Kier molecular flexibility index (Phi) is 4.19. The van der Waals surface area contributed by atoms with Gasteiger partial charge in [0.05, 0.1) is 11.3 Å². The molecule has 0 saturated carbocycles. The predicted octanol–water partition coefficient (Wildman–Crippen LogP) is 2.10. The molecule has 0 amide bonds. The van der Waals surface area contributed by atoms with Crippen molar-refractivity contribution in [2.24, 2.45) is 0 Å². The summed E-state index contributed by atoms with van der Waals surface area (Å²) in [5, 5.41) is 0.359. The van der Waals surface area contributed by atoms with E-state index in [1.54, 1.807) is 6.07 Å². The third-order valence-corrected chi connectivity index (χ3v) is 4.01. The average Bonchev–Trinajstić information content (AvgIpc) is 2.72. The number of aryl methyl sites for hydroxylation is 1. The van der Waals surface area contributed by atoms with E-state index in [9.17, 15) is 4.57 Å². The predicted molar refractivity (Wildman–Crippen MR) is 77.5 cm³/mol. The van der Waals surface area contributed by atoms with Crippen LogP contribution in [0, 0.1) is 6.92 Å². The van der Waals surface area contributed by atoms with Crippen LogP contribution in [0.3, 0.4) is 0 Å². The molecule has 0 aliphatic rings.